The van der Waals surface area contributed by atoms with E-state index in [-0.39, 0.29) is 11.9 Å². The summed E-state index contributed by atoms with van der Waals surface area (Å²) in [5, 5.41) is 3.33. The first-order chi connectivity index (χ1) is 12.6. The van der Waals surface area contributed by atoms with E-state index in [2.05, 4.69) is 10.3 Å². The Morgan fingerprint density at radius 2 is 1.54 bits per heavy atom. The summed E-state index contributed by atoms with van der Waals surface area (Å²) in [6.07, 6.45) is 16.0. The Bertz CT molecular complexity index is 722. The highest BCUT2D eigenvalue weighted by molar-refractivity contribution is 5.94. The number of hydrogen-bond acceptors (Lipinski definition) is 2. The summed E-state index contributed by atoms with van der Waals surface area (Å²) < 4.78 is 1.94. The topological polar surface area (TPSA) is 46.4 Å². The first-order valence-corrected chi connectivity index (χ1v) is 10.4. The Hall–Kier alpha value is -1.84. The van der Waals surface area contributed by atoms with Gasteiger partial charge in [-0.1, -0.05) is 63.9 Å². The number of fused-ring (bicyclic) bond motifs is 1. The number of imidazole rings is 1. The van der Waals surface area contributed by atoms with E-state index in [0.29, 0.717) is 5.69 Å². The summed E-state index contributed by atoms with van der Waals surface area (Å²) in [4.78, 5) is 17.6. The van der Waals surface area contributed by atoms with Gasteiger partial charge in [-0.2, -0.15) is 0 Å². The fraction of sp³-hybridized carbons (Fsp3) is 0.636. The molecule has 2 heterocycles. The summed E-state index contributed by atoms with van der Waals surface area (Å²) in [7, 11) is 0. The predicted molar refractivity (Wildman–Crippen MR) is 107 cm³/mol. The Morgan fingerprint density at radius 3 is 2.15 bits per heavy atom. The highest BCUT2D eigenvalue weighted by atomic mass is 16.2. The number of hydrogen-bond donors (Lipinski definition) is 1. The van der Waals surface area contributed by atoms with Crippen LogP contribution in [0.4, 0.5) is 0 Å². The zero-order valence-corrected chi connectivity index (χ0v) is 16.4. The lowest BCUT2D eigenvalue weighted by atomic mass is 9.98. The molecule has 0 spiro atoms. The maximum atomic E-state index is 13.0. The smallest absolute Gasteiger partial charge is 0.270 e. The molecule has 4 heteroatoms. The van der Waals surface area contributed by atoms with Crippen molar-refractivity contribution in [2.24, 2.45) is 0 Å². The molecule has 1 saturated carbocycles. The number of pyridine rings is 1. The number of aryl methyl sites for hydroxylation is 2. The van der Waals surface area contributed by atoms with E-state index in [0.717, 1.165) is 29.7 Å². The molecule has 1 aliphatic rings. The van der Waals surface area contributed by atoms with Gasteiger partial charge in [0.25, 0.3) is 5.91 Å². The molecule has 2 aromatic rings. The van der Waals surface area contributed by atoms with E-state index >= 15 is 0 Å². The van der Waals surface area contributed by atoms with Gasteiger partial charge in [0.15, 0.2) is 0 Å². The van der Waals surface area contributed by atoms with Gasteiger partial charge < -0.3 is 5.32 Å². The van der Waals surface area contributed by atoms with E-state index in [1.807, 2.05) is 36.6 Å². The van der Waals surface area contributed by atoms with E-state index < -0.39 is 0 Å². The SMILES string of the molecule is Cc1ccc2nc(C)c(C(=O)NC3CCCCCCCCCCC3)n2c1. The number of aromatic nitrogens is 2. The fourth-order valence-corrected chi connectivity index (χ4v) is 4.10. The fourth-order valence-electron chi connectivity index (χ4n) is 4.10. The first-order valence-electron chi connectivity index (χ1n) is 10.4. The summed E-state index contributed by atoms with van der Waals surface area (Å²) in [5.74, 6) is 0.0256. The minimum atomic E-state index is 0.0256. The Balaban J connectivity index is 1.70. The third-order valence-electron chi connectivity index (χ3n) is 5.60. The molecular formula is C22H33N3O. The van der Waals surface area contributed by atoms with Gasteiger partial charge in [-0.15, -0.1) is 0 Å². The van der Waals surface area contributed by atoms with Crippen LogP contribution in [0.15, 0.2) is 18.3 Å². The molecule has 0 unspecified atom stereocenters. The van der Waals surface area contributed by atoms with E-state index in [9.17, 15) is 4.79 Å². The minimum Gasteiger partial charge on any atom is -0.348 e. The maximum Gasteiger partial charge on any atom is 0.270 e. The molecule has 0 aromatic carbocycles. The summed E-state index contributed by atoms with van der Waals surface area (Å²) in [5.41, 5.74) is 3.47. The van der Waals surface area contributed by atoms with E-state index in [1.54, 1.807) is 0 Å². The van der Waals surface area contributed by atoms with Gasteiger partial charge in [0, 0.05) is 12.2 Å². The lowest BCUT2D eigenvalue weighted by molar-refractivity contribution is 0.0924. The number of amides is 1. The number of carbonyl (C=O) groups excluding carboxylic acids is 1. The lowest BCUT2D eigenvalue weighted by Gasteiger charge is -2.19. The van der Waals surface area contributed by atoms with Crippen LogP contribution in [0.1, 0.15) is 92.4 Å². The molecule has 1 fully saturated rings. The zero-order chi connectivity index (χ0) is 18.4. The van der Waals surface area contributed by atoms with Gasteiger partial charge in [0.1, 0.15) is 11.3 Å². The molecule has 1 amide bonds. The quantitative estimate of drug-likeness (QED) is 0.789. The van der Waals surface area contributed by atoms with Crippen molar-refractivity contribution in [3.05, 3.63) is 35.3 Å². The molecule has 0 aliphatic heterocycles. The average molecular weight is 356 g/mol. The standard InChI is InChI=1S/C22H33N3O/c1-17-14-15-20-23-18(2)21(25(20)16-17)22(26)24-19-12-10-8-6-4-3-5-7-9-11-13-19/h14-16,19H,3-13H2,1-2H3,(H,24,26). The van der Waals surface area contributed by atoms with Crippen LogP contribution in [-0.2, 0) is 0 Å². The third-order valence-corrected chi connectivity index (χ3v) is 5.60. The number of carbonyl (C=O) groups is 1. The zero-order valence-electron chi connectivity index (χ0n) is 16.4. The van der Waals surface area contributed by atoms with Gasteiger partial charge in [0.05, 0.1) is 5.69 Å². The normalized spacial score (nSPS) is 18.2. The lowest BCUT2D eigenvalue weighted by Crippen LogP contribution is -2.36. The van der Waals surface area contributed by atoms with Crippen LogP contribution in [0.3, 0.4) is 0 Å². The van der Waals surface area contributed by atoms with Gasteiger partial charge >= 0.3 is 0 Å². The van der Waals surface area contributed by atoms with Crippen molar-refractivity contribution >= 4 is 11.6 Å². The van der Waals surface area contributed by atoms with E-state index in [1.165, 1.54) is 57.8 Å². The van der Waals surface area contributed by atoms with Crippen LogP contribution >= 0.6 is 0 Å². The Labute approximate surface area is 157 Å². The minimum absolute atomic E-state index is 0.0256. The second kappa shape index (κ2) is 9.20. The Kier molecular flexibility index (Phi) is 6.70. The summed E-state index contributed by atoms with van der Waals surface area (Å²) >= 11 is 0. The van der Waals surface area contributed by atoms with Crippen LogP contribution < -0.4 is 5.32 Å². The highest BCUT2D eigenvalue weighted by Crippen LogP contribution is 2.18. The average Bonchev–Trinajstić information content (AvgIpc) is 2.92. The van der Waals surface area contributed by atoms with Crippen molar-refractivity contribution in [1.82, 2.24) is 14.7 Å². The van der Waals surface area contributed by atoms with Crippen LogP contribution in [0.5, 0.6) is 0 Å². The molecule has 26 heavy (non-hydrogen) atoms. The number of nitrogens with one attached hydrogen (secondary N) is 1. The van der Waals surface area contributed by atoms with Crippen molar-refractivity contribution in [3.63, 3.8) is 0 Å². The van der Waals surface area contributed by atoms with E-state index in [4.69, 9.17) is 0 Å². The van der Waals surface area contributed by atoms with Crippen molar-refractivity contribution in [1.29, 1.82) is 0 Å². The molecule has 0 bridgehead atoms. The second-order valence-corrected chi connectivity index (χ2v) is 7.91. The molecule has 142 valence electrons. The van der Waals surface area contributed by atoms with Crippen LogP contribution in [-0.4, -0.2) is 21.3 Å². The maximum absolute atomic E-state index is 13.0. The van der Waals surface area contributed by atoms with Crippen molar-refractivity contribution in [3.8, 4) is 0 Å². The van der Waals surface area contributed by atoms with Crippen molar-refractivity contribution in [2.75, 3.05) is 0 Å². The molecule has 3 rings (SSSR count). The summed E-state index contributed by atoms with van der Waals surface area (Å²) in [6, 6.07) is 4.31. The third kappa shape index (κ3) is 4.87. The van der Waals surface area contributed by atoms with Gasteiger partial charge in [0.2, 0.25) is 0 Å². The van der Waals surface area contributed by atoms with Crippen molar-refractivity contribution < 1.29 is 4.79 Å². The molecule has 0 atom stereocenters. The molecular weight excluding hydrogens is 322 g/mol. The Morgan fingerprint density at radius 1 is 0.962 bits per heavy atom. The van der Waals surface area contributed by atoms with Crippen LogP contribution in [0.2, 0.25) is 0 Å². The molecule has 0 saturated heterocycles. The van der Waals surface area contributed by atoms with Gasteiger partial charge in [-0.25, -0.2) is 4.98 Å². The molecule has 4 nitrogen and oxygen atoms in total. The van der Waals surface area contributed by atoms with Crippen LogP contribution in [0, 0.1) is 13.8 Å². The molecule has 0 radical (unpaired) electrons. The monoisotopic (exact) mass is 355 g/mol. The predicted octanol–water partition coefficient (Wildman–Crippen LogP) is 5.35. The molecule has 1 aliphatic carbocycles. The summed E-state index contributed by atoms with van der Waals surface area (Å²) in [6.45, 7) is 3.97. The highest BCUT2D eigenvalue weighted by Gasteiger charge is 2.20. The van der Waals surface area contributed by atoms with Crippen molar-refractivity contribution in [2.45, 2.75) is 90.5 Å². The number of nitrogens with zero attached hydrogens (tertiary/aromatic N) is 2. The largest absolute Gasteiger partial charge is 0.348 e. The van der Waals surface area contributed by atoms with Gasteiger partial charge in [-0.3, -0.25) is 9.20 Å². The first kappa shape index (κ1) is 18.9. The van der Waals surface area contributed by atoms with Crippen LogP contribution in [0.25, 0.3) is 5.65 Å². The molecule has 2 aromatic heterocycles. The number of rotatable bonds is 2. The second-order valence-electron chi connectivity index (χ2n) is 7.91. The van der Waals surface area contributed by atoms with Gasteiger partial charge in [-0.05, 0) is 38.3 Å². The molecule has 1 N–H and O–H groups in total.